The monoisotopic (exact) mass is 269 g/mol. The second-order valence-electron chi connectivity index (χ2n) is 3.29. The number of hydrogen-bond donors (Lipinski definition) is 1. The fraction of sp³-hybridized carbons (Fsp3) is 0.273. The lowest BCUT2D eigenvalue weighted by atomic mass is 10.2. The van der Waals surface area contributed by atoms with Gasteiger partial charge in [-0.1, -0.05) is 42.2 Å². The largest absolute Gasteiger partial charge is 0.356 e. The minimum atomic E-state index is -0.216. The number of rotatable bonds is 5. The van der Waals surface area contributed by atoms with E-state index in [4.69, 9.17) is 0 Å². The van der Waals surface area contributed by atoms with Crippen molar-refractivity contribution < 1.29 is 4.39 Å². The van der Waals surface area contributed by atoms with Crippen LogP contribution in [0.1, 0.15) is 12.5 Å². The van der Waals surface area contributed by atoms with Crippen molar-refractivity contribution in [3.8, 4) is 0 Å². The highest BCUT2D eigenvalue weighted by atomic mass is 32.2. The van der Waals surface area contributed by atoms with Crippen LogP contribution in [-0.2, 0) is 6.54 Å². The average Bonchev–Trinajstić information content (AvgIpc) is 2.77. The third-order valence-electron chi connectivity index (χ3n) is 2.03. The van der Waals surface area contributed by atoms with Crippen LogP contribution in [0.4, 0.5) is 9.52 Å². The van der Waals surface area contributed by atoms with Gasteiger partial charge in [-0.3, -0.25) is 0 Å². The summed E-state index contributed by atoms with van der Waals surface area (Å²) >= 11 is 3.21. The van der Waals surface area contributed by atoms with Crippen LogP contribution in [0, 0.1) is 5.82 Å². The van der Waals surface area contributed by atoms with Crippen LogP contribution in [0.2, 0.25) is 0 Å². The van der Waals surface area contributed by atoms with E-state index in [1.807, 2.05) is 0 Å². The Morgan fingerprint density at radius 2 is 2.06 bits per heavy atom. The summed E-state index contributed by atoms with van der Waals surface area (Å²) in [4.78, 5) is 0. The van der Waals surface area contributed by atoms with Gasteiger partial charge in [0.1, 0.15) is 5.82 Å². The van der Waals surface area contributed by atoms with Gasteiger partial charge in [-0.15, -0.1) is 10.2 Å². The predicted molar refractivity (Wildman–Crippen MR) is 70.0 cm³/mol. The smallest absolute Gasteiger partial charge is 0.206 e. The first-order valence-corrected chi connectivity index (χ1v) is 7.02. The Bertz CT molecular complexity index is 470. The maximum absolute atomic E-state index is 12.7. The number of anilines is 1. The predicted octanol–water partition coefficient (Wildman–Crippen LogP) is 3.40. The summed E-state index contributed by atoms with van der Waals surface area (Å²) in [5.74, 6) is 0.776. The molecule has 1 N–H and O–H groups in total. The topological polar surface area (TPSA) is 37.8 Å². The molecule has 0 aliphatic heterocycles. The van der Waals surface area contributed by atoms with E-state index in [0.29, 0.717) is 6.54 Å². The molecule has 0 aliphatic carbocycles. The fourth-order valence-corrected chi connectivity index (χ4v) is 2.89. The van der Waals surface area contributed by atoms with Crippen molar-refractivity contribution in [1.29, 1.82) is 0 Å². The van der Waals surface area contributed by atoms with Crippen molar-refractivity contribution in [3.05, 3.63) is 35.6 Å². The third kappa shape index (κ3) is 3.67. The lowest BCUT2D eigenvalue weighted by Crippen LogP contribution is -1.98. The zero-order valence-corrected chi connectivity index (χ0v) is 10.9. The Balaban J connectivity index is 1.90. The van der Waals surface area contributed by atoms with Crippen LogP contribution in [-0.4, -0.2) is 16.0 Å². The molecule has 1 aromatic heterocycles. The maximum Gasteiger partial charge on any atom is 0.206 e. The van der Waals surface area contributed by atoms with Crippen LogP contribution < -0.4 is 5.32 Å². The molecule has 2 rings (SSSR count). The van der Waals surface area contributed by atoms with Crippen molar-refractivity contribution >= 4 is 28.2 Å². The number of nitrogens with one attached hydrogen (secondary N) is 1. The van der Waals surface area contributed by atoms with Crippen LogP contribution in [0.3, 0.4) is 0 Å². The molecule has 0 bridgehead atoms. The van der Waals surface area contributed by atoms with Gasteiger partial charge in [-0.05, 0) is 23.4 Å². The van der Waals surface area contributed by atoms with E-state index in [1.165, 1.54) is 23.5 Å². The first-order chi connectivity index (χ1) is 8.28. The van der Waals surface area contributed by atoms with Gasteiger partial charge in [0.25, 0.3) is 0 Å². The molecule has 90 valence electrons. The summed E-state index contributed by atoms with van der Waals surface area (Å²) < 4.78 is 13.7. The average molecular weight is 269 g/mol. The summed E-state index contributed by atoms with van der Waals surface area (Å²) in [6.07, 6.45) is 0. The highest BCUT2D eigenvalue weighted by Crippen LogP contribution is 2.25. The minimum absolute atomic E-state index is 0.216. The molecule has 6 heteroatoms. The molecule has 1 heterocycles. The summed E-state index contributed by atoms with van der Waals surface area (Å²) in [5, 5.41) is 12.0. The zero-order valence-electron chi connectivity index (χ0n) is 9.31. The quantitative estimate of drug-likeness (QED) is 0.844. The Labute approximate surface area is 107 Å². The van der Waals surface area contributed by atoms with E-state index in [0.717, 1.165) is 20.8 Å². The van der Waals surface area contributed by atoms with Crippen molar-refractivity contribution in [2.24, 2.45) is 0 Å². The van der Waals surface area contributed by atoms with E-state index in [1.54, 1.807) is 23.9 Å². The van der Waals surface area contributed by atoms with Crippen LogP contribution in [0.5, 0.6) is 0 Å². The number of thioether (sulfide) groups is 1. The Morgan fingerprint density at radius 1 is 1.29 bits per heavy atom. The highest BCUT2D eigenvalue weighted by molar-refractivity contribution is 8.01. The van der Waals surface area contributed by atoms with Gasteiger partial charge in [0.2, 0.25) is 5.13 Å². The molecule has 0 fully saturated rings. The van der Waals surface area contributed by atoms with E-state index in [-0.39, 0.29) is 5.82 Å². The lowest BCUT2D eigenvalue weighted by Gasteiger charge is -2.01. The van der Waals surface area contributed by atoms with Crippen molar-refractivity contribution in [3.63, 3.8) is 0 Å². The third-order valence-corrected chi connectivity index (χ3v) is 3.93. The van der Waals surface area contributed by atoms with E-state index in [9.17, 15) is 4.39 Å². The van der Waals surface area contributed by atoms with Gasteiger partial charge >= 0.3 is 0 Å². The molecule has 1 aromatic carbocycles. The molecule has 0 radical (unpaired) electrons. The molecule has 2 aromatic rings. The standard InChI is InChI=1S/C11H12FN3S2/c1-2-16-11-15-14-10(17-11)13-7-8-3-5-9(12)6-4-8/h3-6H,2,7H2,1H3,(H,13,14). The molecule has 0 amide bonds. The first-order valence-electron chi connectivity index (χ1n) is 5.22. The fourth-order valence-electron chi connectivity index (χ4n) is 1.24. The number of hydrogen-bond acceptors (Lipinski definition) is 5. The molecule has 0 atom stereocenters. The van der Waals surface area contributed by atoms with Gasteiger partial charge < -0.3 is 5.32 Å². The Morgan fingerprint density at radius 3 is 2.76 bits per heavy atom. The van der Waals surface area contributed by atoms with Gasteiger partial charge in [0, 0.05) is 6.54 Å². The molecule has 0 spiro atoms. The van der Waals surface area contributed by atoms with E-state index >= 15 is 0 Å². The van der Waals surface area contributed by atoms with Crippen LogP contribution >= 0.6 is 23.1 Å². The van der Waals surface area contributed by atoms with Crippen molar-refractivity contribution in [2.45, 2.75) is 17.8 Å². The van der Waals surface area contributed by atoms with E-state index in [2.05, 4.69) is 22.4 Å². The lowest BCUT2D eigenvalue weighted by molar-refractivity contribution is 0.627. The van der Waals surface area contributed by atoms with Gasteiger partial charge in [-0.2, -0.15) is 0 Å². The molecule has 0 aliphatic rings. The number of aromatic nitrogens is 2. The zero-order chi connectivity index (χ0) is 12.1. The van der Waals surface area contributed by atoms with Gasteiger partial charge in [0.05, 0.1) is 0 Å². The number of halogens is 1. The van der Waals surface area contributed by atoms with E-state index < -0.39 is 0 Å². The maximum atomic E-state index is 12.7. The SMILES string of the molecule is CCSc1nnc(NCc2ccc(F)cc2)s1. The number of nitrogens with zero attached hydrogens (tertiary/aromatic N) is 2. The second-order valence-corrected chi connectivity index (χ2v) is 5.77. The number of benzene rings is 1. The Hall–Kier alpha value is -1.14. The molecule has 17 heavy (non-hydrogen) atoms. The van der Waals surface area contributed by atoms with Crippen molar-refractivity contribution in [1.82, 2.24) is 10.2 Å². The highest BCUT2D eigenvalue weighted by Gasteiger charge is 2.03. The molecule has 0 saturated heterocycles. The summed E-state index contributed by atoms with van der Waals surface area (Å²) in [7, 11) is 0. The van der Waals surface area contributed by atoms with Crippen LogP contribution in [0.15, 0.2) is 28.6 Å². The molecular formula is C11H12FN3S2. The summed E-state index contributed by atoms with van der Waals surface area (Å²) in [5.41, 5.74) is 1.02. The van der Waals surface area contributed by atoms with Crippen molar-refractivity contribution in [2.75, 3.05) is 11.1 Å². The molecule has 0 saturated carbocycles. The minimum Gasteiger partial charge on any atom is -0.356 e. The van der Waals surface area contributed by atoms with Gasteiger partial charge in [0.15, 0.2) is 4.34 Å². The molecule has 3 nitrogen and oxygen atoms in total. The molecule has 0 unspecified atom stereocenters. The first kappa shape index (κ1) is 12.3. The normalized spacial score (nSPS) is 10.5. The molecular weight excluding hydrogens is 257 g/mol. The summed E-state index contributed by atoms with van der Waals surface area (Å²) in [6.45, 7) is 2.71. The van der Waals surface area contributed by atoms with Crippen LogP contribution in [0.25, 0.3) is 0 Å². The Kier molecular flexibility index (Phi) is 4.33. The second kappa shape index (κ2) is 5.97. The summed E-state index contributed by atoms with van der Waals surface area (Å²) in [6, 6.07) is 6.42. The van der Waals surface area contributed by atoms with Gasteiger partial charge in [-0.25, -0.2) is 4.39 Å².